The Morgan fingerprint density at radius 1 is 1.27 bits per heavy atom. The van der Waals surface area contributed by atoms with E-state index in [0.29, 0.717) is 6.54 Å². The molecule has 0 unspecified atom stereocenters. The van der Waals surface area contributed by atoms with Gasteiger partial charge in [-0.05, 0) is 97.3 Å². The van der Waals surface area contributed by atoms with Gasteiger partial charge in [0.25, 0.3) is 5.91 Å². The summed E-state index contributed by atoms with van der Waals surface area (Å²) < 4.78 is 6.25. The summed E-state index contributed by atoms with van der Waals surface area (Å²) in [6.45, 7) is 2.64. The third-order valence-electron chi connectivity index (χ3n) is 6.80. The molecule has 4 saturated carbocycles. The molecule has 0 aromatic heterocycles. The maximum absolute atomic E-state index is 12.7. The summed E-state index contributed by atoms with van der Waals surface area (Å²) in [6, 6.07) is 6.36. The molecule has 1 atom stereocenters. The van der Waals surface area contributed by atoms with Crippen molar-refractivity contribution in [1.29, 1.82) is 0 Å². The van der Waals surface area contributed by atoms with E-state index < -0.39 is 0 Å². The number of carbonyl (C=O) groups is 1. The Hall–Kier alpha value is -1.07. The maximum atomic E-state index is 12.7. The first kappa shape index (κ1) is 18.3. The predicted octanol–water partition coefficient (Wildman–Crippen LogP) is 3.17. The van der Waals surface area contributed by atoms with Gasteiger partial charge in [-0.25, -0.2) is 0 Å². The standard InChI is InChI=1S/C21H29BrN2O2/c1-13(17-3-4-19(26-2)18(22)8-17)23-12-20(25)24-21-9-14-5-15(10-21)7-16(6-14)11-21/h3-4,8,13-16,23H,5-7,9-12H2,1-2H3,(H,24,25)/p+1/t13-,14?,15?,16?,21?/m1/s1. The number of nitrogens with one attached hydrogen (secondary N) is 1. The smallest absolute Gasteiger partial charge is 0.275 e. The van der Waals surface area contributed by atoms with Crippen LogP contribution >= 0.6 is 15.9 Å². The van der Waals surface area contributed by atoms with E-state index in [9.17, 15) is 4.79 Å². The highest BCUT2D eigenvalue weighted by Crippen LogP contribution is 2.55. The van der Waals surface area contributed by atoms with Crippen LogP contribution in [0.3, 0.4) is 0 Å². The lowest BCUT2D eigenvalue weighted by molar-refractivity contribution is -0.682. The molecule has 1 aromatic carbocycles. The molecular weight excluding hydrogens is 392 g/mol. The minimum Gasteiger partial charge on any atom is -0.496 e. The van der Waals surface area contributed by atoms with Gasteiger partial charge in [0.15, 0.2) is 6.54 Å². The topological polar surface area (TPSA) is 54.9 Å². The highest BCUT2D eigenvalue weighted by Gasteiger charge is 2.51. The van der Waals surface area contributed by atoms with Gasteiger partial charge in [0.2, 0.25) is 0 Å². The molecule has 142 valence electrons. The van der Waals surface area contributed by atoms with Crippen LogP contribution in [-0.2, 0) is 4.79 Å². The van der Waals surface area contributed by atoms with E-state index in [1.165, 1.54) is 44.1 Å². The van der Waals surface area contributed by atoms with Gasteiger partial charge in [-0.2, -0.15) is 0 Å². The molecule has 0 heterocycles. The second-order valence-corrected chi connectivity index (χ2v) is 9.72. The van der Waals surface area contributed by atoms with Gasteiger partial charge >= 0.3 is 0 Å². The van der Waals surface area contributed by atoms with E-state index in [0.717, 1.165) is 28.0 Å². The van der Waals surface area contributed by atoms with Crippen LogP contribution in [0.4, 0.5) is 0 Å². The van der Waals surface area contributed by atoms with Gasteiger partial charge in [-0.3, -0.25) is 4.79 Å². The fourth-order valence-electron chi connectivity index (χ4n) is 6.00. The summed E-state index contributed by atoms with van der Waals surface area (Å²) in [5.74, 6) is 3.62. The SMILES string of the molecule is COc1ccc([C@@H](C)[NH2+]CC(=O)NC23CC4CC(CC(C4)C2)C3)cc1Br. The number of benzene rings is 1. The van der Waals surface area contributed by atoms with E-state index in [-0.39, 0.29) is 17.5 Å². The number of hydrogen-bond donors (Lipinski definition) is 2. The molecule has 4 fully saturated rings. The second kappa shape index (κ2) is 7.16. The van der Waals surface area contributed by atoms with Crippen LogP contribution in [0.5, 0.6) is 5.75 Å². The van der Waals surface area contributed by atoms with Crippen molar-refractivity contribution in [3.63, 3.8) is 0 Å². The zero-order valence-electron chi connectivity index (χ0n) is 15.8. The summed E-state index contributed by atoms with van der Waals surface area (Å²) in [7, 11) is 1.67. The van der Waals surface area contributed by atoms with Crippen LogP contribution in [-0.4, -0.2) is 25.1 Å². The number of carbonyl (C=O) groups excluding carboxylic acids is 1. The van der Waals surface area contributed by atoms with Gasteiger partial charge in [-0.15, -0.1) is 0 Å². The van der Waals surface area contributed by atoms with Crippen molar-refractivity contribution in [2.24, 2.45) is 17.8 Å². The van der Waals surface area contributed by atoms with Gasteiger partial charge in [0.05, 0.1) is 11.6 Å². The number of hydrogen-bond acceptors (Lipinski definition) is 2. The molecule has 5 heteroatoms. The van der Waals surface area contributed by atoms with E-state index in [1.54, 1.807) is 7.11 Å². The Morgan fingerprint density at radius 2 is 1.88 bits per heavy atom. The summed E-state index contributed by atoms with van der Waals surface area (Å²) >= 11 is 3.54. The highest BCUT2D eigenvalue weighted by atomic mass is 79.9. The third-order valence-corrected chi connectivity index (χ3v) is 7.42. The van der Waals surface area contributed by atoms with Gasteiger partial charge in [0.1, 0.15) is 11.8 Å². The van der Waals surface area contributed by atoms with Crippen LogP contribution < -0.4 is 15.4 Å². The summed E-state index contributed by atoms with van der Waals surface area (Å²) in [5, 5.41) is 5.59. The highest BCUT2D eigenvalue weighted by molar-refractivity contribution is 9.10. The number of halogens is 1. The van der Waals surface area contributed by atoms with Gasteiger partial charge in [0, 0.05) is 11.1 Å². The lowest BCUT2D eigenvalue weighted by atomic mass is 9.53. The number of ether oxygens (including phenoxy) is 1. The fraction of sp³-hybridized carbons (Fsp3) is 0.667. The van der Waals surface area contributed by atoms with Crippen LogP contribution in [0.2, 0.25) is 0 Å². The Kier molecular flexibility index (Phi) is 5.04. The van der Waals surface area contributed by atoms with E-state index >= 15 is 0 Å². The first-order chi connectivity index (χ1) is 12.5. The average Bonchev–Trinajstić information content (AvgIpc) is 2.58. The summed E-state index contributed by atoms with van der Waals surface area (Å²) in [6.07, 6.45) is 7.86. The Bertz CT molecular complexity index is 655. The predicted molar refractivity (Wildman–Crippen MR) is 105 cm³/mol. The molecular formula is C21H30BrN2O2+. The third kappa shape index (κ3) is 3.65. The molecule has 4 aliphatic carbocycles. The molecule has 26 heavy (non-hydrogen) atoms. The lowest BCUT2D eigenvalue weighted by Crippen LogP contribution is -2.87. The summed E-state index contributed by atoms with van der Waals surface area (Å²) in [5.41, 5.74) is 1.31. The van der Waals surface area contributed by atoms with Crippen molar-refractivity contribution in [2.45, 2.75) is 57.0 Å². The second-order valence-electron chi connectivity index (χ2n) is 8.87. The molecule has 4 aliphatic rings. The number of amides is 1. The van der Waals surface area contributed by atoms with Crippen molar-refractivity contribution in [3.05, 3.63) is 28.2 Å². The van der Waals surface area contributed by atoms with Crippen molar-refractivity contribution in [2.75, 3.05) is 13.7 Å². The van der Waals surface area contributed by atoms with Crippen molar-refractivity contribution in [1.82, 2.24) is 5.32 Å². The van der Waals surface area contributed by atoms with Gasteiger partial charge in [-0.1, -0.05) is 0 Å². The molecule has 3 N–H and O–H groups in total. The van der Waals surface area contributed by atoms with E-state index in [2.05, 4.69) is 45.6 Å². The zero-order valence-corrected chi connectivity index (χ0v) is 17.3. The van der Waals surface area contributed by atoms with Crippen LogP contribution in [0.15, 0.2) is 22.7 Å². The molecule has 1 aromatic rings. The normalized spacial score (nSPS) is 33.1. The van der Waals surface area contributed by atoms with Crippen molar-refractivity contribution < 1.29 is 14.8 Å². The molecule has 1 amide bonds. The van der Waals surface area contributed by atoms with Crippen LogP contribution in [0.1, 0.15) is 57.1 Å². The number of quaternary nitrogens is 1. The number of methoxy groups -OCH3 is 1. The molecule has 4 bridgehead atoms. The quantitative estimate of drug-likeness (QED) is 0.740. The van der Waals surface area contributed by atoms with Crippen LogP contribution in [0.25, 0.3) is 0 Å². The number of nitrogens with two attached hydrogens (primary N) is 1. The van der Waals surface area contributed by atoms with E-state index in [1.807, 2.05) is 6.07 Å². The Balaban J connectivity index is 1.32. The molecule has 0 aliphatic heterocycles. The molecule has 0 radical (unpaired) electrons. The minimum atomic E-state index is 0.117. The monoisotopic (exact) mass is 421 g/mol. The first-order valence-corrected chi connectivity index (χ1v) is 10.7. The number of rotatable bonds is 6. The summed E-state index contributed by atoms with van der Waals surface area (Å²) in [4.78, 5) is 12.7. The Labute approximate surface area is 164 Å². The largest absolute Gasteiger partial charge is 0.496 e. The van der Waals surface area contributed by atoms with E-state index in [4.69, 9.17) is 4.74 Å². The first-order valence-electron chi connectivity index (χ1n) is 9.94. The van der Waals surface area contributed by atoms with Crippen molar-refractivity contribution >= 4 is 21.8 Å². The zero-order chi connectivity index (χ0) is 18.3. The lowest BCUT2D eigenvalue weighted by Gasteiger charge is -2.56. The van der Waals surface area contributed by atoms with Crippen molar-refractivity contribution in [3.8, 4) is 5.75 Å². The average molecular weight is 422 g/mol. The Morgan fingerprint density at radius 3 is 2.42 bits per heavy atom. The van der Waals surface area contributed by atoms with Crippen LogP contribution in [0, 0.1) is 17.8 Å². The molecule has 0 saturated heterocycles. The molecule has 5 rings (SSSR count). The maximum Gasteiger partial charge on any atom is 0.275 e. The fourth-order valence-corrected chi connectivity index (χ4v) is 6.55. The minimum absolute atomic E-state index is 0.117. The van der Waals surface area contributed by atoms with Gasteiger partial charge < -0.3 is 15.4 Å². The molecule has 4 nitrogen and oxygen atoms in total. The molecule has 0 spiro atoms.